The van der Waals surface area contributed by atoms with E-state index in [0.717, 1.165) is 37.6 Å². The fourth-order valence-corrected chi connectivity index (χ4v) is 4.07. The molecule has 2 fully saturated rings. The molecule has 0 unspecified atom stereocenters. The van der Waals surface area contributed by atoms with Crippen LogP contribution >= 0.6 is 0 Å². The maximum Gasteiger partial charge on any atom is 0.391 e. The molecule has 3 rings (SSSR count). The Morgan fingerprint density at radius 3 is 2.64 bits per heavy atom. The molecule has 28 heavy (non-hydrogen) atoms. The molecule has 1 saturated carbocycles. The molecule has 1 saturated heterocycles. The zero-order chi connectivity index (χ0) is 20.1. The molecule has 1 heterocycles. The number of hydrogen-bond acceptors (Lipinski definition) is 4. The van der Waals surface area contributed by atoms with Crippen LogP contribution in [0.4, 0.5) is 18.9 Å². The number of carbonyl (C=O) groups excluding carboxylic acids is 1. The Bertz CT molecular complexity index is 660. The zero-order valence-corrected chi connectivity index (χ0v) is 16.2. The van der Waals surface area contributed by atoms with E-state index in [1.807, 2.05) is 24.3 Å². The predicted molar refractivity (Wildman–Crippen MR) is 102 cm³/mol. The lowest BCUT2D eigenvalue weighted by Crippen LogP contribution is -2.51. The van der Waals surface area contributed by atoms with Crippen molar-refractivity contribution in [1.82, 2.24) is 10.2 Å². The Morgan fingerprint density at radius 1 is 1.21 bits per heavy atom. The van der Waals surface area contributed by atoms with Gasteiger partial charge >= 0.3 is 6.18 Å². The fraction of sp³-hybridized carbons (Fsp3) is 0.650. The summed E-state index contributed by atoms with van der Waals surface area (Å²) in [6.45, 7) is 3.29. The first-order valence-electron chi connectivity index (χ1n) is 9.82. The molecule has 0 spiro atoms. The Hall–Kier alpha value is -1.96. The summed E-state index contributed by atoms with van der Waals surface area (Å²) in [5.41, 5.74) is 1.09. The van der Waals surface area contributed by atoms with Crippen LogP contribution in [0.1, 0.15) is 25.7 Å². The van der Waals surface area contributed by atoms with Gasteiger partial charge in [-0.3, -0.25) is 9.69 Å². The summed E-state index contributed by atoms with van der Waals surface area (Å²) in [7, 11) is 1.64. The number of halogens is 3. The smallest absolute Gasteiger partial charge is 0.391 e. The molecular formula is C20H28F3N3O2. The molecule has 156 valence electrons. The van der Waals surface area contributed by atoms with Gasteiger partial charge in [-0.05, 0) is 31.4 Å². The van der Waals surface area contributed by atoms with Gasteiger partial charge in [0.15, 0.2) is 0 Å². The summed E-state index contributed by atoms with van der Waals surface area (Å²) in [5, 5.41) is 2.82. The maximum atomic E-state index is 12.9. The average molecular weight is 399 g/mol. The Labute approximate surface area is 163 Å². The summed E-state index contributed by atoms with van der Waals surface area (Å²) in [4.78, 5) is 16.6. The average Bonchev–Trinajstić information content (AvgIpc) is 2.68. The molecule has 0 bridgehead atoms. The summed E-state index contributed by atoms with van der Waals surface area (Å²) >= 11 is 0. The summed E-state index contributed by atoms with van der Waals surface area (Å²) < 4.78 is 44.0. The van der Waals surface area contributed by atoms with E-state index in [9.17, 15) is 18.0 Å². The standard InChI is InChI=1S/C20H28F3N3O2/c1-28-18-7-3-6-17(13-18)26-10-8-25(9-11-26)14-19(27)24-16-5-2-4-15(12-16)20(21,22)23/h3,6-7,13,15-16H,2,4-5,8-12,14H2,1H3,(H,24,27)/t15-,16-/m1/s1. The van der Waals surface area contributed by atoms with Gasteiger partial charge in [0.1, 0.15) is 5.75 Å². The van der Waals surface area contributed by atoms with Gasteiger partial charge in [0, 0.05) is 44.0 Å². The van der Waals surface area contributed by atoms with Crippen molar-refractivity contribution < 1.29 is 22.7 Å². The normalized spacial score (nSPS) is 24.1. The molecule has 8 heteroatoms. The second-order valence-electron chi connectivity index (χ2n) is 7.63. The van der Waals surface area contributed by atoms with E-state index >= 15 is 0 Å². The quantitative estimate of drug-likeness (QED) is 0.827. The van der Waals surface area contributed by atoms with Crippen LogP contribution in [0.3, 0.4) is 0 Å². The van der Waals surface area contributed by atoms with Crippen molar-refractivity contribution >= 4 is 11.6 Å². The highest BCUT2D eigenvalue weighted by atomic mass is 19.4. The number of piperazine rings is 1. The van der Waals surface area contributed by atoms with Crippen molar-refractivity contribution in [3.63, 3.8) is 0 Å². The maximum absolute atomic E-state index is 12.9. The fourth-order valence-electron chi connectivity index (χ4n) is 4.07. The Balaban J connectivity index is 1.43. The number of carbonyl (C=O) groups is 1. The van der Waals surface area contributed by atoms with Crippen molar-refractivity contribution in [3.8, 4) is 5.75 Å². The minimum absolute atomic E-state index is 0.00113. The minimum Gasteiger partial charge on any atom is -0.497 e. The second-order valence-corrected chi connectivity index (χ2v) is 7.63. The molecule has 1 aliphatic heterocycles. The number of anilines is 1. The van der Waals surface area contributed by atoms with Crippen LogP contribution in [0, 0.1) is 5.92 Å². The molecule has 5 nitrogen and oxygen atoms in total. The van der Waals surface area contributed by atoms with Gasteiger partial charge in [-0.15, -0.1) is 0 Å². The van der Waals surface area contributed by atoms with Gasteiger partial charge in [-0.1, -0.05) is 12.5 Å². The second kappa shape index (κ2) is 9.03. The number of ether oxygens (including phenoxy) is 1. The lowest BCUT2D eigenvalue weighted by molar-refractivity contribution is -0.184. The number of rotatable bonds is 5. The third kappa shape index (κ3) is 5.53. The first-order chi connectivity index (χ1) is 13.3. The van der Waals surface area contributed by atoms with Crippen LogP contribution in [0.5, 0.6) is 5.75 Å². The third-order valence-corrected chi connectivity index (χ3v) is 5.66. The predicted octanol–water partition coefficient (Wildman–Crippen LogP) is 3.05. The molecule has 0 radical (unpaired) electrons. The highest BCUT2D eigenvalue weighted by Gasteiger charge is 2.42. The molecular weight excluding hydrogens is 371 g/mol. The molecule has 2 atom stereocenters. The number of nitrogens with one attached hydrogen (secondary N) is 1. The monoisotopic (exact) mass is 399 g/mol. The first kappa shape index (κ1) is 20.8. The molecule has 1 aliphatic carbocycles. The van der Waals surface area contributed by atoms with Crippen LogP contribution in [0.15, 0.2) is 24.3 Å². The van der Waals surface area contributed by atoms with E-state index in [0.29, 0.717) is 12.8 Å². The molecule has 1 amide bonds. The number of nitrogens with zero attached hydrogens (tertiary/aromatic N) is 2. The molecule has 1 aromatic carbocycles. The SMILES string of the molecule is COc1cccc(N2CCN(CC(=O)N[C@@H]3CCC[C@@H](C(F)(F)F)C3)CC2)c1. The Morgan fingerprint density at radius 2 is 1.96 bits per heavy atom. The molecule has 1 N–H and O–H groups in total. The molecule has 2 aliphatic rings. The summed E-state index contributed by atoms with van der Waals surface area (Å²) in [5.74, 6) is -0.662. The largest absolute Gasteiger partial charge is 0.497 e. The lowest BCUT2D eigenvalue weighted by Gasteiger charge is -2.36. The molecule has 0 aromatic heterocycles. The minimum atomic E-state index is -4.17. The van der Waals surface area contributed by atoms with Crippen LogP contribution in [-0.2, 0) is 4.79 Å². The number of benzene rings is 1. The van der Waals surface area contributed by atoms with Crippen molar-refractivity contribution in [3.05, 3.63) is 24.3 Å². The van der Waals surface area contributed by atoms with E-state index in [-0.39, 0.29) is 31.3 Å². The van der Waals surface area contributed by atoms with E-state index in [4.69, 9.17) is 4.74 Å². The van der Waals surface area contributed by atoms with E-state index < -0.39 is 12.1 Å². The number of amides is 1. The topological polar surface area (TPSA) is 44.8 Å². The molecule has 1 aromatic rings. The van der Waals surface area contributed by atoms with Gasteiger partial charge < -0.3 is 15.0 Å². The Kier molecular flexibility index (Phi) is 6.69. The van der Waals surface area contributed by atoms with Crippen molar-refractivity contribution in [1.29, 1.82) is 0 Å². The van der Waals surface area contributed by atoms with E-state index in [2.05, 4.69) is 15.1 Å². The van der Waals surface area contributed by atoms with Crippen LogP contribution in [-0.4, -0.2) is 62.9 Å². The highest BCUT2D eigenvalue weighted by molar-refractivity contribution is 5.78. The lowest BCUT2D eigenvalue weighted by atomic mass is 9.85. The van der Waals surface area contributed by atoms with Gasteiger partial charge in [-0.2, -0.15) is 13.2 Å². The van der Waals surface area contributed by atoms with Crippen LogP contribution in [0.25, 0.3) is 0 Å². The van der Waals surface area contributed by atoms with E-state index in [1.54, 1.807) is 7.11 Å². The van der Waals surface area contributed by atoms with Crippen LogP contribution in [0.2, 0.25) is 0 Å². The van der Waals surface area contributed by atoms with E-state index in [1.165, 1.54) is 0 Å². The van der Waals surface area contributed by atoms with Gasteiger partial charge in [0.2, 0.25) is 5.91 Å². The number of hydrogen-bond donors (Lipinski definition) is 1. The number of alkyl halides is 3. The van der Waals surface area contributed by atoms with Gasteiger partial charge in [-0.25, -0.2) is 0 Å². The van der Waals surface area contributed by atoms with Crippen molar-refractivity contribution in [2.45, 2.75) is 37.9 Å². The number of methoxy groups -OCH3 is 1. The summed E-state index contributed by atoms with van der Waals surface area (Å²) in [6.07, 6.45) is -2.86. The van der Waals surface area contributed by atoms with Gasteiger partial charge in [0.05, 0.1) is 19.6 Å². The van der Waals surface area contributed by atoms with Crippen LogP contribution < -0.4 is 15.0 Å². The van der Waals surface area contributed by atoms with Crippen molar-refractivity contribution in [2.24, 2.45) is 5.92 Å². The highest BCUT2D eigenvalue weighted by Crippen LogP contribution is 2.37. The van der Waals surface area contributed by atoms with Gasteiger partial charge in [0.25, 0.3) is 0 Å². The first-order valence-corrected chi connectivity index (χ1v) is 9.82. The third-order valence-electron chi connectivity index (χ3n) is 5.66. The van der Waals surface area contributed by atoms with Crippen molar-refractivity contribution in [2.75, 3.05) is 44.7 Å². The summed E-state index contributed by atoms with van der Waals surface area (Å²) in [6, 6.07) is 7.50. The zero-order valence-electron chi connectivity index (χ0n) is 16.2.